The number of benzene rings is 1. The van der Waals surface area contributed by atoms with Crippen molar-refractivity contribution in [1.82, 2.24) is 9.78 Å². The van der Waals surface area contributed by atoms with Gasteiger partial charge in [-0.05, 0) is 18.4 Å². The van der Waals surface area contributed by atoms with Crippen LogP contribution in [0.5, 0.6) is 0 Å². The Balaban J connectivity index is 2.24. The summed E-state index contributed by atoms with van der Waals surface area (Å²) in [6.07, 6.45) is -2.60. The van der Waals surface area contributed by atoms with Crippen LogP contribution in [0.4, 0.5) is 13.2 Å². The molecule has 1 aromatic heterocycles. The predicted octanol–water partition coefficient (Wildman–Crippen LogP) is 2.88. The monoisotopic (exact) mass is 284 g/mol. The molecule has 0 saturated carbocycles. The minimum absolute atomic E-state index is 0.127. The second-order valence-electron chi connectivity index (χ2n) is 4.51. The Kier molecular flexibility index (Phi) is 4.44. The quantitative estimate of drug-likeness (QED) is 0.916. The van der Waals surface area contributed by atoms with Gasteiger partial charge in [0, 0.05) is 18.4 Å². The van der Waals surface area contributed by atoms with Gasteiger partial charge < -0.3 is 5.11 Å². The molecule has 0 spiro atoms. The van der Waals surface area contributed by atoms with E-state index >= 15 is 0 Å². The lowest BCUT2D eigenvalue weighted by atomic mass is 10.1. The number of hydrogen-bond donors (Lipinski definition) is 1. The van der Waals surface area contributed by atoms with Crippen molar-refractivity contribution < 1.29 is 18.3 Å². The molecule has 0 aliphatic heterocycles. The molecule has 0 unspecified atom stereocenters. The molecule has 0 amide bonds. The molecule has 108 valence electrons. The average molecular weight is 284 g/mol. The lowest BCUT2D eigenvalue weighted by molar-refractivity contribution is -0.142. The Morgan fingerprint density at radius 2 is 1.85 bits per heavy atom. The van der Waals surface area contributed by atoms with Crippen molar-refractivity contribution in [3.05, 3.63) is 53.3 Å². The van der Waals surface area contributed by atoms with Crippen molar-refractivity contribution in [3.63, 3.8) is 0 Å². The second kappa shape index (κ2) is 6.09. The summed E-state index contributed by atoms with van der Waals surface area (Å²) in [4.78, 5) is 0. The van der Waals surface area contributed by atoms with E-state index in [0.717, 1.165) is 5.56 Å². The largest absolute Gasteiger partial charge is 0.435 e. The normalized spacial score (nSPS) is 11.8. The third-order valence-corrected chi connectivity index (χ3v) is 2.90. The fourth-order valence-corrected chi connectivity index (χ4v) is 2.01. The van der Waals surface area contributed by atoms with Crippen molar-refractivity contribution in [2.24, 2.45) is 0 Å². The highest BCUT2D eigenvalue weighted by atomic mass is 19.4. The third-order valence-electron chi connectivity index (χ3n) is 2.90. The van der Waals surface area contributed by atoms with Crippen molar-refractivity contribution in [1.29, 1.82) is 0 Å². The summed E-state index contributed by atoms with van der Waals surface area (Å²) in [7, 11) is 0. The zero-order valence-corrected chi connectivity index (χ0v) is 10.8. The van der Waals surface area contributed by atoms with E-state index in [4.69, 9.17) is 5.11 Å². The van der Waals surface area contributed by atoms with Crippen LogP contribution >= 0.6 is 0 Å². The summed E-state index contributed by atoms with van der Waals surface area (Å²) >= 11 is 0. The molecule has 0 saturated heterocycles. The maximum absolute atomic E-state index is 12.9. The van der Waals surface area contributed by atoms with Gasteiger partial charge in [0.2, 0.25) is 0 Å². The Labute approximate surface area is 114 Å². The van der Waals surface area contributed by atoms with Crippen LogP contribution in [0, 0.1) is 0 Å². The first-order valence-corrected chi connectivity index (χ1v) is 6.29. The summed E-state index contributed by atoms with van der Waals surface area (Å²) in [6, 6.07) is 9.18. The van der Waals surface area contributed by atoms with E-state index in [2.05, 4.69) is 5.10 Å². The van der Waals surface area contributed by atoms with Crippen LogP contribution in [-0.2, 0) is 19.1 Å². The number of aliphatic hydroxyl groups excluding tert-OH is 1. The molecule has 1 heterocycles. The van der Waals surface area contributed by atoms with Crippen LogP contribution in [0.25, 0.3) is 0 Å². The van der Waals surface area contributed by atoms with Crippen molar-refractivity contribution in [2.75, 3.05) is 6.61 Å². The number of rotatable bonds is 5. The second-order valence-corrected chi connectivity index (χ2v) is 4.51. The zero-order valence-electron chi connectivity index (χ0n) is 10.8. The molecule has 0 aliphatic rings. The third kappa shape index (κ3) is 3.60. The molecule has 2 rings (SSSR count). The molecule has 0 aliphatic carbocycles. The summed E-state index contributed by atoms with van der Waals surface area (Å²) in [5.74, 6) is 0. The predicted molar refractivity (Wildman–Crippen MR) is 68.2 cm³/mol. The minimum atomic E-state index is -4.47. The molecule has 3 nitrogen and oxygen atoms in total. The number of hydrogen-bond acceptors (Lipinski definition) is 2. The summed E-state index contributed by atoms with van der Waals surface area (Å²) in [6.45, 7) is 0.157. The smallest absolute Gasteiger partial charge is 0.396 e. The molecule has 1 N–H and O–H groups in total. The standard InChI is InChI=1S/C14H15F3N2O/c15-14(16,17)13-12(7-4-8-20)10-19(18-13)9-11-5-2-1-3-6-11/h1-3,5-6,10,20H,4,7-9H2. The van der Waals surface area contributed by atoms with Crippen LogP contribution in [0.1, 0.15) is 23.2 Å². The summed E-state index contributed by atoms with van der Waals surface area (Å²) in [5, 5.41) is 12.4. The molecule has 20 heavy (non-hydrogen) atoms. The Morgan fingerprint density at radius 1 is 1.15 bits per heavy atom. The highest BCUT2D eigenvalue weighted by Crippen LogP contribution is 2.31. The lowest BCUT2D eigenvalue weighted by Crippen LogP contribution is -2.10. The average Bonchev–Trinajstić information content (AvgIpc) is 2.80. The van der Waals surface area contributed by atoms with Gasteiger partial charge in [0.05, 0.1) is 6.54 Å². The first-order valence-electron chi connectivity index (χ1n) is 6.29. The maximum atomic E-state index is 12.9. The Bertz CT molecular complexity index is 549. The molecule has 0 fully saturated rings. The van der Waals surface area contributed by atoms with Crippen molar-refractivity contribution in [3.8, 4) is 0 Å². The van der Waals surface area contributed by atoms with E-state index in [9.17, 15) is 13.2 Å². The molecular weight excluding hydrogens is 269 g/mol. The van der Waals surface area contributed by atoms with Gasteiger partial charge in [-0.1, -0.05) is 30.3 Å². The zero-order chi connectivity index (χ0) is 14.6. The van der Waals surface area contributed by atoms with Gasteiger partial charge in [0.1, 0.15) is 0 Å². The Hall–Kier alpha value is -1.82. The molecule has 2 aromatic rings. The highest BCUT2D eigenvalue weighted by Gasteiger charge is 2.36. The summed E-state index contributed by atoms with van der Waals surface area (Å²) in [5.41, 5.74) is 0.154. The van der Waals surface area contributed by atoms with Crippen LogP contribution in [0.15, 0.2) is 36.5 Å². The van der Waals surface area contributed by atoms with Gasteiger partial charge in [0.15, 0.2) is 5.69 Å². The van der Waals surface area contributed by atoms with Gasteiger partial charge in [-0.25, -0.2) is 0 Å². The van der Waals surface area contributed by atoms with E-state index in [1.807, 2.05) is 30.3 Å². The summed E-state index contributed by atoms with van der Waals surface area (Å²) < 4.78 is 40.0. The van der Waals surface area contributed by atoms with E-state index in [1.54, 1.807) is 0 Å². The molecule has 0 bridgehead atoms. The highest BCUT2D eigenvalue weighted by molar-refractivity contribution is 5.22. The number of aromatic nitrogens is 2. The van der Waals surface area contributed by atoms with Crippen LogP contribution in [-0.4, -0.2) is 21.5 Å². The van der Waals surface area contributed by atoms with Crippen LogP contribution in [0.3, 0.4) is 0 Å². The molecule has 0 atom stereocenters. The van der Waals surface area contributed by atoms with Crippen molar-refractivity contribution in [2.45, 2.75) is 25.6 Å². The van der Waals surface area contributed by atoms with Crippen LogP contribution in [0.2, 0.25) is 0 Å². The number of halogens is 3. The molecular formula is C14H15F3N2O. The SMILES string of the molecule is OCCCc1cn(Cc2ccccc2)nc1C(F)(F)F. The number of aryl methyl sites for hydroxylation is 1. The number of nitrogens with zero attached hydrogens (tertiary/aromatic N) is 2. The number of aliphatic hydroxyl groups is 1. The van der Waals surface area contributed by atoms with Gasteiger partial charge in [-0.2, -0.15) is 18.3 Å². The topological polar surface area (TPSA) is 38.0 Å². The van der Waals surface area contributed by atoms with Gasteiger partial charge in [0.25, 0.3) is 0 Å². The Morgan fingerprint density at radius 3 is 2.45 bits per heavy atom. The first kappa shape index (κ1) is 14.6. The van der Waals surface area contributed by atoms with Gasteiger partial charge in [-0.15, -0.1) is 0 Å². The molecule has 6 heteroatoms. The minimum Gasteiger partial charge on any atom is -0.396 e. The fourth-order valence-electron chi connectivity index (χ4n) is 2.01. The fraction of sp³-hybridized carbons (Fsp3) is 0.357. The maximum Gasteiger partial charge on any atom is 0.435 e. The molecule has 0 radical (unpaired) electrons. The number of alkyl halides is 3. The van der Waals surface area contributed by atoms with E-state index in [1.165, 1.54) is 10.9 Å². The van der Waals surface area contributed by atoms with Crippen molar-refractivity contribution >= 4 is 0 Å². The molecule has 1 aromatic carbocycles. The lowest BCUT2D eigenvalue weighted by Gasteiger charge is -2.05. The van der Waals surface area contributed by atoms with E-state index in [0.29, 0.717) is 13.0 Å². The first-order chi connectivity index (χ1) is 9.50. The van der Waals surface area contributed by atoms with E-state index < -0.39 is 11.9 Å². The van der Waals surface area contributed by atoms with E-state index in [-0.39, 0.29) is 18.6 Å². The van der Waals surface area contributed by atoms with Gasteiger partial charge >= 0.3 is 6.18 Å². The van der Waals surface area contributed by atoms with Gasteiger partial charge in [-0.3, -0.25) is 4.68 Å². The van der Waals surface area contributed by atoms with Crippen LogP contribution < -0.4 is 0 Å².